The average molecular weight is 367 g/mol. The van der Waals surface area contributed by atoms with Crippen molar-refractivity contribution >= 4 is 39.8 Å². The molecule has 1 N–H and O–H groups in total. The van der Waals surface area contributed by atoms with E-state index in [9.17, 15) is 4.79 Å². The zero-order chi connectivity index (χ0) is 15.1. The number of nitrogens with one attached hydrogen (secondary N) is 1. The predicted molar refractivity (Wildman–Crippen MR) is 88.7 cm³/mol. The van der Waals surface area contributed by atoms with Crippen LogP contribution in [-0.2, 0) is 4.79 Å². The lowest BCUT2D eigenvalue weighted by Crippen LogP contribution is -2.17. The molecule has 6 heteroatoms. The molecule has 0 saturated heterocycles. The van der Waals surface area contributed by atoms with Crippen LogP contribution in [0.1, 0.15) is 17.9 Å². The summed E-state index contributed by atoms with van der Waals surface area (Å²) in [4.78, 5) is 12.8. The zero-order valence-corrected chi connectivity index (χ0v) is 13.9. The van der Waals surface area contributed by atoms with Crippen molar-refractivity contribution in [3.05, 3.63) is 52.4 Å². The number of nitrogens with zero attached hydrogens (tertiary/aromatic N) is 1. The fraction of sp³-hybridized carbons (Fsp3) is 0.200. The lowest BCUT2D eigenvalue weighted by molar-refractivity contribution is -0.120. The van der Waals surface area contributed by atoms with Gasteiger partial charge in [0.2, 0.25) is 5.91 Å². The second-order valence-corrected chi connectivity index (χ2v) is 6.28. The van der Waals surface area contributed by atoms with Gasteiger partial charge < -0.3 is 4.42 Å². The molecule has 2 rings (SSSR count). The highest BCUT2D eigenvalue weighted by Crippen LogP contribution is 2.19. The highest BCUT2D eigenvalue weighted by Gasteiger charge is 2.03. The summed E-state index contributed by atoms with van der Waals surface area (Å²) in [5.41, 5.74) is 2.49. The Labute approximate surface area is 136 Å². The number of carbonyl (C=O) groups excluding carboxylic acids is 1. The number of amides is 1. The van der Waals surface area contributed by atoms with Crippen LogP contribution >= 0.6 is 27.7 Å². The molecule has 1 heterocycles. The third kappa shape index (κ3) is 5.40. The van der Waals surface area contributed by atoms with Crippen LogP contribution in [0.2, 0.25) is 0 Å². The molecule has 0 aliphatic rings. The van der Waals surface area contributed by atoms with Gasteiger partial charge in [-0.15, -0.1) is 11.8 Å². The van der Waals surface area contributed by atoms with Crippen LogP contribution in [0.3, 0.4) is 0 Å². The fourth-order valence-corrected chi connectivity index (χ4v) is 2.73. The Morgan fingerprint density at radius 2 is 2.19 bits per heavy atom. The summed E-state index contributed by atoms with van der Waals surface area (Å²) in [6, 6.07) is 11.8. The molecule has 0 fully saturated rings. The normalized spacial score (nSPS) is 11.0. The molecule has 0 saturated carbocycles. The van der Waals surface area contributed by atoms with E-state index in [0.29, 0.717) is 12.2 Å². The van der Waals surface area contributed by atoms with Gasteiger partial charge in [-0.2, -0.15) is 5.10 Å². The molecule has 2 aromatic rings. The molecule has 0 bridgehead atoms. The Morgan fingerprint density at radius 1 is 1.43 bits per heavy atom. The smallest absolute Gasteiger partial charge is 0.240 e. The van der Waals surface area contributed by atoms with E-state index >= 15 is 0 Å². The fourth-order valence-electron chi connectivity index (χ4n) is 1.55. The van der Waals surface area contributed by atoms with Crippen molar-refractivity contribution in [3.8, 4) is 0 Å². The lowest BCUT2D eigenvalue weighted by Gasteiger charge is -2.00. The summed E-state index contributed by atoms with van der Waals surface area (Å²) in [7, 11) is 0. The number of aryl methyl sites for hydroxylation is 1. The van der Waals surface area contributed by atoms with Gasteiger partial charge in [0.1, 0.15) is 11.5 Å². The van der Waals surface area contributed by atoms with E-state index in [0.717, 1.165) is 20.9 Å². The van der Waals surface area contributed by atoms with Crippen molar-refractivity contribution in [2.45, 2.75) is 18.2 Å². The quantitative estimate of drug-likeness (QED) is 0.477. The number of halogens is 1. The summed E-state index contributed by atoms with van der Waals surface area (Å²) in [5.74, 6) is 1.98. The summed E-state index contributed by atoms with van der Waals surface area (Å²) >= 11 is 4.99. The van der Waals surface area contributed by atoms with Crippen molar-refractivity contribution in [1.82, 2.24) is 5.43 Å². The summed E-state index contributed by atoms with van der Waals surface area (Å²) < 4.78 is 6.27. The molecule has 0 aliphatic heterocycles. The lowest BCUT2D eigenvalue weighted by atomic mass is 10.4. The highest BCUT2D eigenvalue weighted by atomic mass is 79.9. The number of hydrazone groups is 1. The topological polar surface area (TPSA) is 54.6 Å². The van der Waals surface area contributed by atoms with Gasteiger partial charge in [-0.3, -0.25) is 4.79 Å². The molecule has 1 aromatic carbocycles. The Bertz CT molecular complexity index is 606. The second-order valence-electron chi connectivity index (χ2n) is 4.26. The van der Waals surface area contributed by atoms with E-state index in [-0.39, 0.29) is 5.91 Å². The Balaban J connectivity index is 1.70. The maximum atomic E-state index is 11.6. The van der Waals surface area contributed by atoms with E-state index in [1.54, 1.807) is 17.8 Å². The van der Waals surface area contributed by atoms with Gasteiger partial charge in [-0.25, -0.2) is 5.43 Å². The van der Waals surface area contributed by atoms with Gasteiger partial charge in [0.05, 0.1) is 10.7 Å². The Hall–Kier alpha value is -1.53. The van der Waals surface area contributed by atoms with Gasteiger partial charge in [-0.05, 0) is 35.0 Å². The van der Waals surface area contributed by atoms with E-state index in [1.807, 2.05) is 37.3 Å². The number of hydrogen-bond donors (Lipinski definition) is 1. The second kappa shape index (κ2) is 8.05. The van der Waals surface area contributed by atoms with Crippen LogP contribution in [0.15, 0.2) is 55.3 Å². The molecule has 21 heavy (non-hydrogen) atoms. The first kappa shape index (κ1) is 15.9. The van der Waals surface area contributed by atoms with Crippen molar-refractivity contribution in [1.29, 1.82) is 0 Å². The predicted octanol–water partition coefficient (Wildman–Crippen LogP) is 3.98. The van der Waals surface area contributed by atoms with Crippen LogP contribution in [0.25, 0.3) is 0 Å². The van der Waals surface area contributed by atoms with Crippen molar-refractivity contribution in [2.75, 3.05) is 5.75 Å². The van der Waals surface area contributed by atoms with E-state index in [2.05, 4.69) is 26.5 Å². The van der Waals surface area contributed by atoms with Gasteiger partial charge in [0, 0.05) is 23.1 Å². The van der Waals surface area contributed by atoms with Crippen molar-refractivity contribution < 1.29 is 9.21 Å². The molecular formula is C15H15BrN2O2S. The molecule has 0 unspecified atom stereocenters. The van der Waals surface area contributed by atoms with Gasteiger partial charge in [0.15, 0.2) is 0 Å². The Morgan fingerprint density at radius 3 is 2.86 bits per heavy atom. The largest absolute Gasteiger partial charge is 0.459 e. The summed E-state index contributed by atoms with van der Waals surface area (Å²) in [6.07, 6.45) is 1.90. The Kier molecular flexibility index (Phi) is 6.07. The maximum Gasteiger partial charge on any atom is 0.240 e. The standard InChI is InChI=1S/C15H15BrN2O2S/c1-11-14(16)9-12(20-11)10-17-18-15(19)7-8-21-13-5-3-2-4-6-13/h2-6,9-10H,7-8H2,1H3,(H,18,19)/b17-10-. The summed E-state index contributed by atoms with van der Waals surface area (Å²) in [5, 5.41) is 3.87. The number of rotatable bonds is 6. The van der Waals surface area contributed by atoms with Gasteiger partial charge >= 0.3 is 0 Å². The average Bonchev–Trinajstić information content (AvgIpc) is 2.79. The molecule has 4 nitrogen and oxygen atoms in total. The number of furan rings is 1. The minimum absolute atomic E-state index is 0.114. The maximum absolute atomic E-state index is 11.6. The van der Waals surface area contributed by atoms with Crippen LogP contribution in [0.4, 0.5) is 0 Å². The summed E-state index contributed by atoms with van der Waals surface area (Å²) in [6.45, 7) is 1.85. The van der Waals surface area contributed by atoms with Crippen LogP contribution in [-0.4, -0.2) is 17.9 Å². The van der Waals surface area contributed by atoms with E-state index in [1.165, 1.54) is 6.21 Å². The third-order valence-electron chi connectivity index (χ3n) is 2.60. The number of thioether (sulfide) groups is 1. The monoisotopic (exact) mass is 366 g/mol. The molecule has 0 spiro atoms. The zero-order valence-electron chi connectivity index (χ0n) is 11.5. The van der Waals surface area contributed by atoms with E-state index < -0.39 is 0 Å². The molecule has 0 aliphatic carbocycles. The minimum Gasteiger partial charge on any atom is -0.459 e. The first-order chi connectivity index (χ1) is 10.1. The molecule has 1 amide bonds. The number of hydrogen-bond acceptors (Lipinski definition) is 4. The van der Waals surface area contributed by atoms with Crippen LogP contribution < -0.4 is 5.43 Å². The number of benzene rings is 1. The van der Waals surface area contributed by atoms with E-state index in [4.69, 9.17) is 4.42 Å². The van der Waals surface area contributed by atoms with Gasteiger partial charge in [-0.1, -0.05) is 18.2 Å². The molecule has 0 radical (unpaired) electrons. The first-order valence-corrected chi connectivity index (χ1v) is 8.18. The van der Waals surface area contributed by atoms with Crippen LogP contribution in [0, 0.1) is 6.92 Å². The highest BCUT2D eigenvalue weighted by molar-refractivity contribution is 9.10. The number of carbonyl (C=O) groups is 1. The molecule has 0 atom stereocenters. The minimum atomic E-state index is -0.114. The molecule has 1 aromatic heterocycles. The SMILES string of the molecule is Cc1oc(/C=N\NC(=O)CCSc2ccccc2)cc1Br. The van der Waals surface area contributed by atoms with Crippen molar-refractivity contribution in [2.24, 2.45) is 5.10 Å². The molecule has 110 valence electrons. The first-order valence-electron chi connectivity index (χ1n) is 6.41. The van der Waals surface area contributed by atoms with Gasteiger partial charge in [0.25, 0.3) is 0 Å². The third-order valence-corrected chi connectivity index (χ3v) is 4.40. The van der Waals surface area contributed by atoms with Crippen molar-refractivity contribution in [3.63, 3.8) is 0 Å². The van der Waals surface area contributed by atoms with Crippen LogP contribution in [0.5, 0.6) is 0 Å². The molecular weight excluding hydrogens is 352 g/mol.